The van der Waals surface area contributed by atoms with Gasteiger partial charge in [-0.2, -0.15) is 0 Å². The number of nitrogens with zero attached hydrogens (tertiary/aromatic N) is 3. The molecule has 2 N–H and O–H groups in total. The molecule has 156 valence electrons. The maximum Gasteiger partial charge on any atom is 0.243 e. The molecule has 1 saturated carbocycles. The van der Waals surface area contributed by atoms with E-state index in [2.05, 4.69) is 15.6 Å². The van der Waals surface area contributed by atoms with E-state index in [1.54, 1.807) is 19.0 Å². The van der Waals surface area contributed by atoms with Crippen LogP contribution in [0, 0.1) is 5.92 Å². The quantitative estimate of drug-likeness (QED) is 0.348. The molecule has 8 heteroatoms. The second-order valence-electron chi connectivity index (χ2n) is 7.98. The van der Waals surface area contributed by atoms with E-state index in [1.165, 1.54) is 12.8 Å². The number of nitrogens with one attached hydrogen (secondary N) is 2. The zero-order chi connectivity index (χ0) is 19.1. The molecular weight excluding hydrogens is 457 g/mol. The van der Waals surface area contributed by atoms with Gasteiger partial charge in [-0.05, 0) is 25.7 Å². The molecule has 7 nitrogen and oxygen atoms in total. The molecule has 2 amide bonds. The van der Waals surface area contributed by atoms with Crippen LogP contribution >= 0.6 is 24.0 Å². The highest BCUT2D eigenvalue weighted by Gasteiger charge is 2.25. The average Bonchev–Trinajstić information content (AvgIpc) is 3.12. The van der Waals surface area contributed by atoms with Crippen molar-refractivity contribution in [2.75, 3.05) is 33.7 Å². The maximum absolute atomic E-state index is 12.1. The SMILES string of the molecule is CC(C)C(=O)N1CCC(NC(=NCC(=O)N(C)C)NC2CCCC2)CC1.I. The van der Waals surface area contributed by atoms with Crippen LogP contribution in [0.2, 0.25) is 0 Å². The fourth-order valence-electron chi connectivity index (χ4n) is 3.49. The van der Waals surface area contributed by atoms with Crippen LogP contribution in [0.1, 0.15) is 52.4 Å². The molecule has 0 atom stereocenters. The van der Waals surface area contributed by atoms with Crippen molar-refractivity contribution in [2.45, 2.75) is 64.5 Å². The van der Waals surface area contributed by atoms with Gasteiger partial charge in [-0.15, -0.1) is 24.0 Å². The van der Waals surface area contributed by atoms with Crippen LogP contribution in [0.3, 0.4) is 0 Å². The van der Waals surface area contributed by atoms with Crippen molar-refractivity contribution in [1.82, 2.24) is 20.4 Å². The topological polar surface area (TPSA) is 77.0 Å². The molecular formula is C19H36IN5O2. The number of halogens is 1. The van der Waals surface area contributed by atoms with Crippen LogP contribution in [0.15, 0.2) is 4.99 Å². The van der Waals surface area contributed by atoms with Gasteiger partial charge in [0.25, 0.3) is 0 Å². The van der Waals surface area contributed by atoms with Crippen LogP contribution in [-0.4, -0.2) is 73.4 Å². The van der Waals surface area contributed by atoms with Gasteiger partial charge in [-0.1, -0.05) is 26.7 Å². The fourth-order valence-corrected chi connectivity index (χ4v) is 3.49. The molecule has 1 heterocycles. The zero-order valence-corrected chi connectivity index (χ0v) is 19.5. The molecule has 2 aliphatic rings. The second kappa shape index (κ2) is 11.7. The Kier molecular flexibility index (Phi) is 10.4. The molecule has 2 rings (SSSR count). The number of likely N-dealkylation sites (N-methyl/N-ethyl adjacent to an activating group) is 1. The van der Waals surface area contributed by atoms with Gasteiger partial charge in [0.2, 0.25) is 11.8 Å². The Balaban J connectivity index is 0.00000364. The Morgan fingerprint density at radius 1 is 1.04 bits per heavy atom. The van der Waals surface area contributed by atoms with Crippen molar-refractivity contribution >= 4 is 41.8 Å². The van der Waals surface area contributed by atoms with E-state index in [9.17, 15) is 9.59 Å². The first-order valence-corrected chi connectivity index (χ1v) is 9.93. The third-order valence-corrected chi connectivity index (χ3v) is 5.21. The minimum Gasteiger partial charge on any atom is -0.354 e. The normalized spacial score (nSPS) is 19.0. The standard InChI is InChI=1S/C19H35N5O2.HI/c1-14(2)18(26)24-11-9-16(10-12-24)22-19(20-13-17(25)23(3)4)21-15-7-5-6-8-15;/h14-16H,5-13H2,1-4H3,(H2,20,21,22);1H. The molecule has 1 saturated heterocycles. The van der Waals surface area contributed by atoms with Crippen LogP contribution in [-0.2, 0) is 9.59 Å². The van der Waals surface area contributed by atoms with E-state index >= 15 is 0 Å². The predicted molar refractivity (Wildman–Crippen MR) is 119 cm³/mol. The van der Waals surface area contributed by atoms with Gasteiger partial charge in [0.1, 0.15) is 6.54 Å². The van der Waals surface area contributed by atoms with Gasteiger partial charge in [-0.25, -0.2) is 4.99 Å². The summed E-state index contributed by atoms with van der Waals surface area (Å²) in [6.45, 7) is 5.61. The summed E-state index contributed by atoms with van der Waals surface area (Å²) < 4.78 is 0. The first-order valence-electron chi connectivity index (χ1n) is 9.93. The second-order valence-corrected chi connectivity index (χ2v) is 7.98. The lowest BCUT2D eigenvalue weighted by molar-refractivity contribution is -0.135. The minimum atomic E-state index is -0.00475. The van der Waals surface area contributed by atoms with Crippen molar-refractivity contribution in [3.63, 3.8) is 0 Å². The molecule has 0 unspecified atom stereocenters. The van der Waals surface area contributed by atoms with Crippen molar-refractivity contribution in [3.8, 4) is 0 Å². The van der Waals surface area contributed by atoms with E-state index < -0.39 is 0 Å². The molecule has 0 aromatic carbocycles. The Hall–Kier alpha value is -1.06. The number of amides is 2. The lowest BCUT2D eigenvalue weighted by atomic mass is 10.0. The van der Waals surface area contributed by atoms with Crippen LogP contribution in [0.25, 0.3) is 0 Å². The van der Waals surface area contributed by atoms with E-state index in [4.69, 9.17) is 0 Å². The Morgan fingerprint density at radius 2 is 1.56 bits per heavy atom. The number of hydrogen-bond acceptors (Lipinski definition) is 3. The van der Waals surface area contributed by atoms with Gasteiger partial charge in [-0.3, -0.25) is 9.59 Å². The molecule has 27 heavy (non-hydrogen) atoms. The first-order chi connectivity index (χ1) is 12.4. The highest BCUT2D eigenvalue weighted by molar-refractivity contribution is 14.0. The average molecular weight is 493 g/mol. The van der Waals surface area contributed by atoms with E-state index in [0.29, 0.717) is 6.04 Å². The number of likely N-dealkylation sites (tertiary alicyclic amines) is 1. The molecule has 0 bridgehead atoms. The highest BCUT2D eigenvalue weighted by atomic mass is 127. The predicted octanol–water partition coefficient (Wildman–Crippen LogP) is 1.82. The third kappa shape index (κ3) is 7.83. The summed E-state index contributed by atoms with van der Waals surface area (Å²) >= 11 is 0. The molecule has 2 fully saturated rings. The third-order valence-electron chi connectivity index (χ3n) is 5.21. The summed E-state index contributed by atoms with van der Waals surface area (Å²) in [6.07, 6.45) is 6.62. The molecule has 1 aliphatic heterocycles. The first kappa shape index (κ1) is 24.0. The van der Waals surface area contributed by atoms with E-state index in [0.717, 1.165) is 44.7 Å². The van der Waals surface area contributed by atoms with Gasteiger partial charge in [0.05, 0.1) is 0 Å². The number of carbonyl (C=O) groups excluding carboxylic acids is 2. The smallest absolute Gasteiger partial charge is 0.243 e. The summed E-state index contributed by atoms with van der Waals surface area (Å²) in [5, 5.41) is 6.99. The Morgan fingerprint density at radius 3 is 2.04 bits per heavy atom. The van der Waals surface area contributed by atoms with Crippen LogP contribution in [0.4, 0.5) is 0 Å². The van der Waals surface area contributed by atoms with Crippen molar-refractivity contribution in [2.24, 2.45) is 10.9 Å². The molecule has 1 aliphatic carbocycles. The summed E-state index contributed by atoms with van der Waals surface area (Å²) in [5.41, 5.74) is 0. The van der Waals surface area contributed by atoms with Gasteiger partial charge < -0.3 is 20.4 Å². The molecule has 0 radical (unpaired) electrons. The van der Waals surface area contributed by atoms with Crippen molar-refractivity contribution < 1.29 is 9.59 Å². The van der Waals surface area contributed by atoms with Crippen LogP contribution < -0.4 is 10.6 Å². The number of rotatable bonds is 5. The number of piperidine rings is 1. The van der Waals surface area contributed by atoms with Crippen molar-refractivity contribution in [1.29, 1.82) is 0 Å². The van der Waals surface area contributed by atoms with Gasteiger partial charge in [0, 0.05) is 45.2 Å². The maximum atomic E-state index is 12.1. The molecule has 0 aromatic rings. The van der Waals surface area contributed by atoms with Gasteiger partial charge >= 0.3 is 0 Å². The molecule has 0 aromatic heterocycles. The summed E-state index contributed by atoms with van der Waals surface area (Å²) in [7, 11) is 3.49. The zero-order valence-electron chi connectivity index (χ0n) is 17.2. The van der Waals surface area contributed by atoms with Crippen molar-refractivity contribution in [3.05, 3.63) is 0 Å². The molecule has 0 spiro atoms. The summed E-state index contributed by atoms with van der Waals surface area (Å²) in [6, 6.07) is 0.728. The van der Waals surface area contributed by atoms with Crippen LogP contribution in [0.5, 0.6) is 0 Å². The van der Waals surface area contributed by atoms with Gasteiger partial charge in [0.15, 0.2) is 5.96 Å². The van der Waals surface area contributed by atoms with E-state index in [-0.39, 0.29) is 54.3 Å². The largest absolute Gasteiger partial charge is 0.354 e. The lowest BCUT2D eigenvalue weighted by Crippen LogP contribution is -2.52. The lowest BCUT2D eigenvalue weighted by Gasteiger charge is -2.34. The summed E-state index contributed by atoms with van der Waals surface area (Å²) in [5.74, 6) is 1.02. The number of guanidine groups is 1. The Labute approximate surface area is 180 Å². The Bertz CT molecular complexity index is 510. The number of carbonyl (C=O) groups is 2. The summed E-state index contributed by atoms with van der Waals surface area (Å²) in [4.78, 5) is 32.0. The number of hydrogen-bond donors (Lipinski definition) is 2. The minimum absolute atomic E-state index is 0. The fraction of sp³-hybridized carbons (Fsp3) is 0.842. The monoisotopic (exact) mass is 493 g/mol. The highest BCUT2D eigenvalue weighted by Crippen LogP contribution is 2.18. The number of aliphatic imine (C=N–C) groups is 1. The van der Waals surface area contributed by atoms with E-state index in [1.807, 2.05) is 18.7 Å².